The highest BCUT2D eigenvalue weighted by molar-refractivity contribution is 5.66. The van der Waals surface area contributed by atoms with Crippen LogP contribution in [0.3, 0.4) is 0 Å². The second-order valence-electron chi connectivity index (χ2n) is 2.88. The van der Waals surface area contributed by atoms with Crippen molar-refractivity contribution in [1.29, 1.82) is 0 Å². The zero-order valence-corrected chi connectivity index (χ0v) is 7.58. The Balaban J connectivity index is 2.87. The fraction of sp³-hybridized carbons (Fsp3) is 0.300. The van der Waals surface area contributed by atoms with Gasteiger partial charge in [0.1, 0.15) is 0 Å². The first-order valence-electron chi connectivity index (χ1n) is 3.96. The molecule has 2 nitrogen and oxygen atoms in total. The van der Waals surface area contributed by atoms with Gasteiger partial charge in [0.25, 0.3) is 5.85 Å². The highest BCUT2D eigenvalue weighted by Crippen LogP contribution is 2.26. The highest BCUT2D eigenvalue weighted by Gasteiger charge is 2.28. The van der Waals surface area contributed by atoms with Crippen LogP contribution in [0.4, 0.5) is 4.39 Å². The van der Waals surface area contributed by atoms with Crippen LogP contribution in [0.2, 0.25) is 0 Å². The van der Waals surface area contributed by atoms with E-state index >= 15 is 0 Å². The fourth-order valence-electron chi connectivity index (χ4n) is 1.06. The van der Waals surface area contributed by atoms with Gasteiger partial charge in [0.2, 0.25) is 0 Å². The Morgan fingerprint density at radius 2 is 1.92 bits per heavy atom. The molecule has 1 rings (SSSR count). The van der Waals surface area contributed by atoms with E-state index in [1.807, 2.05) is 0 Å². The summed E-state index contributed by atoms with van der Waals surface area (Å²) in [6.07, 6.45) is 0. The van der Waals surface area contributed by atoms with Crippen molar-refractivity contribution in [2.24, 2.45) is 0 Å². The Hall–Kier alpha value is -1.38. The van der Waals surface area contributed by atoms with E-state index < -0.39 is 11.8 Å². The molecule has 0 aliphatic carbocycles. The quantitative estimate of drug-likeness (QED) is 0.656. The smallest absolute Gasteiger partial charge is 0.305 e. The lowest BCUT2D eigenvalue weighted by atomic mass is 10.1. The van der Waals surface area contributed by atoms with E-state index in [1.54, 1.807) is 30.3 Å². The van der Waals surface area contributed by atoms with E-state index in [2.05, 4.69) is 4.74 Å². The molecule has 70 valence electrons. The minimum absolute atomic E-state index is 0.338. The van der Waals surface area contributed by atoms with Crippen molar-refractivity contribution in [1.82, 2.24) is 0 Å². The first kappa shape index (κ1) is 9.71. The minimum Gasteiger partial charge on any atom is -0.425 e. The van der Waals surface area contributed by atoms with E-state index in [0.29, 0.717) is 5.56 Å². The molecule has 0 fully saturated rings. The van der Waals surface area contributed by atoms with Gasteiger partial charge in [-0.05, 0) is 0 Å². The third-order valence-corrected chi connectivity index (χ3v) is 1.62. The van der Waals surface area contributed by atoms with Gasteiger partial charge in [-0.15, -0.1) is 0 Å². The van der Waals surface area contributed by atoms with Crippen molar-refractivity contribution in [2.75, 3.05) is 0 Å². The lowest BCUT2D eigenvalue weighted by Crippen LogP contribution is -2.22. The van der Waals surface area contributed by atoms with Crippen molar-refractivity contribution in [2.45, 2.75) is 19.7 Å². The predicted molar refractivity (Wildman–Crippen MR) is 46.7 cm³/mol. The summed E-state index contributed by atoms with van der Waals surface area (Å²) in [5.41, 5.74) is 0.338. The Morgan fingerprint density at radius 3 is 2.38 bits per heavy atom. The molecule has 0 N–H and O–H groups in total. The zero-order chi connectivity index (χ0) is 9.90. The number of benzene rings is 1. The number of halogens is 1. The minimum atomic E-state index is -2.03. The lowest BCUT2D eigenvalue weighted by Gasteiger charge is -2.19. The Kier molecular flexibility index (Phi) is 2.66. The topological polar surface area (TPSA) is 26.3 Å². The van der Waals surface area contributed by atoms with Crippen molar-refractivity contribution in [3.8, 4) is 0 Å². The normalized spacial score (nSPS) is 14.7. The number of rotatable bonds is 2. The summed E-state index contributed by atoms with van der Waals surface area (Å²) in [6.45, 7) is 2.39. The maximum absolute atomic E-state index is 13.6. The second kappa shape index (κ2) is 3.56. The van der Waals surface area contributed by atoms with Gasteiger partial charge in [-0.3, -0.25) is 4.79 Å². The average Bonchev–Trinajstić information content (AvgIpc) is 2.04. The first-order valence-corrected chi connectivity index (χ1v) is 3.96. The van der Waals surface area contributed by atoms with Crippen molar-refractivity contribution >= 4 is 5.97 Å². The van der Waals surface area contributed by atoms with Gasteiger partial charge >= 0.3 is 5.97 Å². The Labute approximate surface area is 76.3 Å². The number of ether oxygens (including phenoxy) is 1. The van der Waals surface area contributed by atoms with Crippen molar-refractivity contribution in [3.63, 3.8) is 0 Å². The molecule has 1 aromatic carbocycles. The van der Waals surface area contributed by atoms with Crippen LogP contribution in [0.25, 0.3) is 0 Å². The summed E-state index contributed by atoms with van der Waals surface area (Å²) in [5.74, 6) is -2.67. The summed E-state index contributed by atoms with van der Waals surface area (Å²) in [5, 5.41) is 0. The second-order valence-corrected chi connectivity index (χ2v) is 2.88. The van der Waals surface area contributed by atoms with Crippen LogP contribution in [0.5, 0.6) is 0 Å². The lowest BCUT2D eigenvalue weighted by molar-refractivity contribution is -0.178. The molecule has 0 aliphatic rings. The molecule has 0 aliphatic heterocycles. The number of hydrogen-bond donors (Lipinski definition) is 0. The van der Waals surface area contributed by atoms with Gasteiger partial charge in [0, 0.05) is 19.4 Å². The van der Waals surface area contributed by atoms with Crippen molar-refractivity contribution < 1.29 is 13.9 Å². The van der Waals surface area contributed by atoms with Crippen LogP contribution in [0.15, 0.2) is 30.3 Å². The Bertz CT molecular complexity index is 293. The van der Waals surface area contributed by atoms with Gasteiger partial charge in [-0.2, -0.15) is 4.39 Å². The van der Waals surface area contributed by atoms with E-state index in [1.165, 1.54) is 13.8 Å². The molecule has 0 amide bonds. The molecule has 1 aromatic rings. The third-order valence-electron chi connectivity index (χ3n) is 1.62. The molecular weight excluding hydrogens is 171 g/mol. The third kappa shape index (κ3) is 2.54. The van der Waals surface area contributed by atoms with Gasteiger partial charge in [-0.1, -0.05) is 30.3 Å². The first-order chi connectivity index (χ1) is 6.02. The summed E-state index contributed by atoms with van der Waals surface area (Å²) >= 11 is 0. The van der Waals surface area contributed by atoms with Crippen LogP contribution in [0.1, 0.15) is 19.4 Å². The van der Waals surface area contributed by atoms with Crippen LogP contribution in [0, 0.1) is 0 Å². The van der Waals surface area contributed by atoms with Crippen LogP contribution >= 0.6 is 0 Å². The number of alkyl halides is 1. The monoisotopic (exact) mass is 182 g/mol. The maximum atomic E-state index is 13.6. The van der Waals surface area contributed by atoms with E-state index in [4.69, 9.17) is 0 Å². The van der Waals surface area contributed by atoms with Gasteiger partial charge < -0.3 is 4.74 Å². The predicted octanol–water partition coefficient (Wildman–Crippen LogP) is 2.39. The molecule has 0 saturated heterocycles. The summed E-state index contributed by atoms with van der Waals surface area (Å²) in [7, 11) is 0. The van der Waals surface area contributed by atoms with E-state index in [-0.39, 0.29) is 0 Å². The SMILES string of the molecule is CC(=O)OC(C)(F)c1ccccc1. The largest absolute Gasteiger partial charge is 0.425 e. The number of esters is 1. The standard InChI is InChI=1S/C10H11FO2/c1-8(12)13-10(2,11)9-6-4-3-5-7-9/h3-7H,1-2H3. The molecule has 1 atom stereocenters. The summed E-state index contributed by atoms with van der Waals surface area (Å²) in [6, 6.07) is 8.30. The van der Waals surface area contributed by atoms with Gasteiger partial charge in [0.05, 0.1) is 0 Å². The molecule has 13 heavy (non-hydrogen) atoms. The van der Waals surface area contributed by atoms with Crippen LogP contribution in [-0.4, -0.2) is 5.97 Å². The molecule has 0 heterocycles. The zero-order valence-electron chi connectivity index (χ0n) is 7.58. The summed E-state index contributed by atoms with van der Waals surface area (Å²) < 4.78 is 18.1. The maximum Gasteiger partial charge on any atom is 0.305 e. The molecule has 0 radical (unpaired) electrons. The number of hydrogen-bond acceptors (Lipinski definition) is 2. The van der Waals surface area contributed by atoms with Gasteiger partial charge in [0.15, 0.2) is 0 Å². The van der Waals surface area contributed by atoms with Crippen LogP contribution in [-0.2, 0) is 15.4 Å². The molecule has 0 aromatic heterocycles. The molecular formula is C10H11FO2. The molecule has 1 unspecified atom stereocenters. The van der Waals surface area contributed by atoms with Crippen molar-refractivity contribution in [3.05, 3.63) is 35.9 Å². The number of carbonyl (C=O) groups excluding carboxylic acids is 1. The molecule has 0 saturated carbocycles. The van der Waals surface area contributed by atoms with Gasteiger partial charge in [-0.25, -0.2) is 0 Å². The van der Waals surface area contributed by atoms with E-state index in [9.17, 15) is 9.18 Å². The highest BCUT2D eigenvalue weighted by atomic mass is 19.2. The summed E-state index contributed by atoms with van der Waals surface area (Å²) in [4.78, 5) is 10.6. The molecule has 0 bridgehead atoms. The number of carbonyl (C=O) groups is 1. The molecule has 3 heteroatoms. The van der Waals surface area contributed by atoms with E-state index in [0.717, 1.165) is 0 Å². The average molecular weight is 182 g/mol. The Morgan fingerprint density at radius 1 is 1.38 bits per heavy atom. The fourth-order valence-corrected chi connectivity index (χ4v) is 1.06. The molecule has 0 spiro atoms. The van der Waals surface area contributed by atoms with Crippen LogP contribution < -0.4 is 0 Å².